The number of aromatic amines is 1. The molecule has 0 spiro atoms. The number of aromatic nitrogens is 1. The fourth-order valence-electron chi connectivity index (χ4n) is 2.76. The summed E-state index contributed by atoms with van der Waals surface area (Å²) in [4.78, 5) is 16.3. The topological polar surface area (TPSA) is 71.4 Å². The number of fused-ring (bicyclic) bond motifs is 1. The SMILES string of the molecule is NC(=O)OC1CCCN(c2cc[nH]c3cccc2-3)C1. The zero-order valence-corrected chi connectivity index (χ0v) is 10.6. The molecular weight excluding hydrogens is 242 g/mol. The molecule has 100 valence electrons. The van der Waals surface area contributed by atoms with Gasteiger partial charge in [-0.3, -0.25) is 0 Å². The number of carbonyl (C=O) groups is 1. The Kier molecular flexibility index (Phi) is 3.03. The Bertz CT molecular complexity index is 552. The van der Waals surface area contributed by atoms with E-state index < -0.39 is 6.09 Å². The summed E-state index contributed by atoms with van der Waals surface area (Å²) >= 11 is 0. The van der Waals surface area contributed by atoms with E-state index in [0.717, 1.165) is 25.1 Å². The number of nitrogens with zero attached hydrogens (tertiary/aromatic N) is 1. The predicted molar refractivity (Wildman–Crippen MR) is 73.3 cm³/mol. The molecular formula is C14H17N3O2. The highest BCUT2D eigenvalue weighted by Crippen LogP contribution is 2.33. The molecule has 0 aromatic heterocycles. The van der Waals surface area contributed by atoms with Gasteiger partial charge < -0.3 is 20.4 Å². The Morgan fingerprint density at radius 2 is 2.32 bits per heavy atom. The van der Waals surface area contributed by atoms with Crippen LogP contribution in [-0.4, -0.2) is 30.3 Å². The van der Waals surface area contributed by atoms with Crippen LogP contribution in [-0.2, 0) is 4.74 Å². The molecule has 0 aromatic carbocycles. The molecule has 0 saturated carbocycles. The van der Waals surface area contributed by atoms with Crippen molar-refractivity contribution in [2.75, 3.05) is 18.0 Å². The molecule has 2 heterocycles. The maximum absolute atomic E-state index is 10.9. The van der Waals surface area contributed by atoms with Gasteiger partial charge in [-0.25, -0.2) is 4.79 Å². The smallest absolute Gasteiger partial charge is 0.404 e. The molecule has 3 aliphatic rings. The summed E-state index contributed by atoms with van der Waals surface area (Å²) < 4.78 is 5.13. The standard InChI is InChI=1S/C14H17N3O2/c15-14(18)19-10-3-2-8-17(9-10)13-6-7-16-12-5-1-4-11(12)13/h1,4-7,10,16H,2-3,8-9H2,(H2,15,18). The molecule has 1 unspecified atom stereocenters. The van der Waals surface area contributed by atoms with Crippen molar-refractivity contribution in [1.29, 1.82) is 0 Å². The van der Waals surface area contributed by atoms with Crippen molar-refractivity contribution in [1.82, 2.24) is 4.98 Å². The monoisotopic (exact) mass is 259 g/mol. The molecule has 1 fully saturated rings. The fraction of sp³-hybridized carbons (Fsp3) is 0.357. The summed E-state index contributed by atoms with van der Waals surface area (Å²) in [7, 11) is 0. The van der Waals surface area contributed by atoms with Crippen molar-refractivity contribution in [3.63, 3.8) is 0 Å². The van der Waals surface area contributed by atoms with Crippen molar-refractivity contribution in [2.24, 2.45) is 5.73 Å². The average Bonchev–Trinajstić information content (AvgIpc) is 2.86. The number of nitrogens with one attached hydrogen (secondary N) is 1. The Hall–Kier alpha value is -2.17. The number of nitrogens with two attached hydrogens (primary N) is 1. The second-order valence-electron chi connectivity index (χ2n) is 4.86. The molecule has 1 atom stereocenters. The van der Waals surface area contributed by atoms with Crippen molar-refractivity contribution in [3.8, 4) is 11.3 Å². The van der Waals surface area contributed by atoms with Gasteiger partial charge in [0.05, 0.1) is 6.54 Å². The molecule has 5 heteroatoms. The van der Waals surface area contributed by atoms with E-state index in [9.17, 15) is 4.79 Å². The minimum Gasteiger partial charge on any atom is -0.445 e. The van der Waals surface area contributed by atoms with Gasteiger partial charge in [-0.2, -0.15) is 0 Å². The lowest BCUT2D eigenvalue weighted by molar-refractivity contribution is 0.0966. The number of hydrogen-bond donors (Lipinski definition) is 2. The van der Waals surface area contributed by atoms with E-state index in [4.69, 9.17) is 10.5 Å². The van der Waals surface area contributed by atoms with Crippen molar-refractivity contribution in [3.05, 3.63) is 30.5 Å². The number of piperidine rings is 1. The number of carbonyl (C=O) groups excluding carboxylic acids is 1. The van der Waals surface area contributed by atoms with Crippen molar-refractivity contribution < 1.29 is 9.53 Å². The van der Waals surface area contributed by atoms with Gasteiger partial charge in [0.1, 0.15) is 6.10 Å². The first-order chi connectivity index (χ1) is 9.24. The zero-order chi connectivity index (χ0) is 13.2. The molecule has 2 aliphatic heterocycles. The highest BCUT2D eigenvalue weighted by atomic mass is 16.6. The van der Waals surface area contributed by atoms with Crippen LogP contribution in [0.4, 0.5) is 10.5 Å². The first-order valence-corrected chi connectivity index (χ1v) is 6.51. The van der Waals surface area contributed by atoms with Gasteiger partial charge in [-0.15, -0.1) is 0 Å². The van der Waals surface area contributed by atoms with E-state index in [0.29, 0.717) is 6.54 Å². The van der Waals surface area contributed by atoms with E-state index in [1.54, 1.807) is 0 Å². The summed E-state index contributed by atoms with van der Waals surface area (Å²) in [6.45, 7) is 1.68. The highest BCUT2D eigenvalue weighted by molar-refractivity contribution is 5.78. The summed E-state index contributed by atoms with van der Waals surface area (Å²) in [5.74, 6) is 0. The Morgan fingerprint density at radius 1 is 1.42 bits per heavy atom. The molecule has 0 bridgehead atoms. The van der Waals surface area contributed by atoms with Gasteiger partial charge in [-0.05, 0) is 25.0 Å². The van der Waals surface area contributed by atoms with Crippen LogP contribution in [0.3, 0.4) is 0 Å². The van der Waals surface area contributed by atoms with Gasteiger partial charge in [-0.1, -0.05) is 12.1 Å². The second kappa shape index (κ2) is 4.84. The summed E-state index contributed by atoms with van der Waals surface area (Å²) in [5.41, 5.74) is 8.59. The largest absolute Gasteiger partial charge is 0.445 e. The van der Waals surface area contributed by atoms with Gasteiger partial charge in [0.2, 0.25) is 0 Å². The third-order valence-electron chi connectivity index (χ3n) is 3.57. The number of pyridine rings is 1. The molecule has 1 aliphatic carbocycles. The number of primary amides is 1. The fourth-order valence-corrected chi connectivity index (χ4v) is 2.76. The lowest BCUT2D eigenvalue weighted by Crippen LogP contribution is -2.41. The normalized spacial score (nSPS) is 19.6. The average molecular weight is 259 g/mol. The Morgan fingerprint density at radius 3 is 3.16 bits per heavy atom. The molecule has 1 saturated heterocycles. The quantitative estimate of drug-likeness (QED) is 0.868. The van der Waals surface area contributed by atoms with E-state index in [-0.39, 0.29) is 6.10 Å². The third kappa shape index (κ3) is 2.36. The zero-order valence-electron chi connectivity index (χ0n) is 10.6. The molecule has 3 rings (SSSR count). The number of hydrogen-bond acceptors (Lipinski definition) is 3. The van der Waals surface area contributed by atoms with Crippen LogP contribution in [0.5, 0.6) is 0 Å². The van der Waals surface area contributed by atoms with E-state index in [1.165, 1.54) is 11.3 Å². The van der Waals surface area contributed by atoms with Gasteiger partial charge in [0.15, 0.2) is 0 Å². The second-order valence-corrected chi connectivity index (χ2v) is 4.86. The van der Waals surface area contributed by atoms with Crippen LogP contribution in [0.25, 0.3) is 11.3 Å². The van der Waals surface area contributed by atoms with Crippen LogP contribution in [0.15, 0.2) is 30.5 Å². The molecule has 0 radical (unpaired) electrons. The summed E-state index contributed by atoms with van der Waals surface area (Å²) in [5, 5.41) is 0. The lowest BCUT2D eigenvalue weighted by atomic mass is 10.1. The molecule has 19 heavy (non-hydrogen) atoms. The van der Waals surface area contributed by atoms with E-state index in [2.05, 4.69) is 28.1 Å². The van der Waals surface area contributed by atoms with Gasteiger partial charge in [0, 0.05) is 29.7 Å². The number of ether oxygens (including phenoxy) is 1. The highest BCUT2D eigenvalue weighted by Gasteiger charge is 2.24. The number of amides is 1. The lowest BCUT2D eigenvalue weighted by Gasteiger charge is -2.34. The van der Waals surface area contributed by atoms with Crippen LogP contribution in [0, 0.1) is 0 Å². The minimum atomic E-state index is -0.688. The first kappa shape index (κ1) is 11.9. The van der Waals surface area contributed by atoms with Crippen molar-refractivity contribution in [2.45, 2.75) is 18.9 Å². The molecule has 1 amide bonds. The Balaban J connectivity index is 1.82. The molecule has 3 N–H and O–H groups in total. The maximum atomic E-state index is 10.9. The van der Waals surface area contributed by atoms with Crippen LogP contribution in [0.1, 0.15) is 12.8 Å². The molecule has 0 aromatic rings. The van der Waals surface area contributed by atoms with E-state index >= 15 is 0 Å². The summed E-state index contributed by atoms with van der Waals surface area (Å²) in [6, 6.07) is 8.25. The summed E-state index contributed by atoms with van der Waals surface area (Å²) in [6.07, 6.45) is 3.02. The number of H-pyrrole nitrogens is 1. The van der Waals surface area contributed by atoms with Crippen LogP contribution < -0.4 is 10.6 Å². The Labute approximate surface area is 111 Å². The van der Waals surface area contributed by atoms with Gasteiger partial charge in [0.25, 0.3) is 0 Å². The number of anilines is 1. The van der Waals surface area contributed by atoms with E-state index in [1.807, 2.05) is 12.3 Å². The van der Waals surface area contributed by atoms with Crippen LogP contribution in [0.2, 0.25) is 0 Å². The first-order valence-electron chi connectivity index (χ1n) is 6.51. The number of rotatable bonds is 2. The molecule has 5 nitrogen and oxygen atoms in total. The van der Waals surface area contributed by atoms with Crippen LogP contribution >= 0.6 is 0 Å². The van der Waals surface area contributed by atoms with Gasteiger partial charge >= 0.3 is 6.09 Å². The van der Waals surface area contributed by atoms with Crippen molar-refractivity contribution >= 4 is 11.8 Å². The predicted octanol–water partition coefficient (Wildman–Crippen LogP) is 2.18. The minimum absolute atomic E-state index is 0.111. The maximum Gasteiger partial charge on any atom is 0.404 e. The third-order valence-corrected chi connectivity index (χ3v) is 3.57.